The zero-order chi connectivity index (χ0) is 22.3. The number of carbonyl (C=O) groups is 2. The number of carbonyl (C=O) groups excluding carboxylic acids is 1. The summed E-state index contributed by atoms with van der Waals surface area (Å²) in [5.41, 5.74) is 2.12. The molecule has 2 aromatic carbocycles. The van der Waals surface area contributed by atoms with Crippen LogP contribution < -0.4 is 14.9 Å². The number of carboxylic acids is 1. The van der Waals surface area contributed by atoms with Crippen LogP contribution in [0.2, 0.25) is 0 Å². The van der Waals surface area contributed by atoms with Gasteiger partial charge in [-0.3, -0.25) is 4.79 Å². The highest BCUT2D eigenvalue weighted by atomic mass is 19.4. The van der Waals surface area contributed by atoms with Crippen LogP contribution in [0.15, 0.2) is 47.6 Å². The van der Waals surface area contributed by atoms with Crippen LogP contribution in [0.25, 0.3) is 0 Å². The van der Waals surface area contributed by atoms with Gasteiger partial charge in [0.15, 0.2) is 17.6 Å². The van der Waals surface area contributed by atoms with Gasteiger partial charge >= 0.3 is 12.1 Å². The summed E-state index contributed by atoms with van der Waals surface area (Å²) >= 11 is 0. The second-order valence-corrected chi connectivity index (χ2v) is 6.18. The van der Waals surface area contributed by atoms with E-state index in [0.29, 0.717) is 5.56 Å². The topological polar surface area (TPSA) is 97.2 Å². The molecule has 0 saturated heterocycles. The highest BCUT2D eigenvalue weighted by Gasteiger charge is 2.30. The first-order valence-corrected chi connectivity index (χ1v) is 8.65. The standard InChI is InChI=1S/C20H19F3N2O5/c1-12(19(27)28)30-16-7-6-14(9-17(16)29-2)11-24-25-18(26)10-13-4-3-5-15(8-13)20(21,22)23/h3-9,11-12H,10H2,1-2H3,(H,25,26)(H,27,28)/b24-11+/t12-/m1/s1. The van der Waals surface area contributed by atoms with Crippen molar-refractivity contribution in [3.63, 3.8) is 0 Å². The van der Waals surface area contributed by atoms with E-state index < -0.39 is 29.7 Å². The average Bonchev–Trinajstić information content (AvgIpc) is 2.68. The number of amides is 1. The molecular weight excluding hydrogens is 405 g/mol. The van der Waals surface area contributed by atoms with E-state index in [1.165, 1.54) is 44.5 Å². The van der Waals surface area contributed by atoms with Crippen LogP contribution in [-0.2, 0) is 22.2 Å². The highest BCUT2D eigenvalue weighted by Crippen LogP contribution is 2.30. The fraction of sp³-hybridized carbons (Fsp3) is 0.250. The van der Waals surface area contributed by atoms with Crippen LogP contribution >= 0.6 is 0 Å². The highest BCUT2D eigenvalue weighted by molar-refractivity contribution is 5.84. The predicted molar refractivity (Wildman–Crippen MR) is 102 cm³/mol. The summed E-state index contributed by atoms with van der Waals surface area (Å²) in [5, 5.41) is 12.7. The largest absolute Gasteiger partial charge is 0.493 e. The van der Waals surface area contributed by atoms with Gasteiger partial charge in [0.05, 0.1) is 25.3 Å². The lowest BCUT2D eigenvalue weighted by Gasteiger charge is -2.14. The minimum Gasteiger partial charge on any atom is -0.493 e. The number of methoxy groups -OCH3 is 1. The van der Waals surface area contributed by atoms with Crippen molar-refractivity contribution >= 4 is 18.1 Å². The van der Waals surface area contributed by atoms with Crippen molar-refractivity contribution in [3.05, 3.63) is 59.2 Å². The third-order valence-corrected chi connectivity index (χ3v) is 3.86. The number of carboxylic acid groups (broad SMARTS) is 1. The Labute approximate surface area is 170 Å². The van der Waals surface area contributed by atoms with Gasteiger partial charge in [0.25, 0.3) is 0 Å². The van der Waals surface area contributed by atoms with E-state index in [1.54, 1.807) is 6.07 Å². The number of rotatable bonds is 8. The predicted octanol–water partition coefficient (Wildman–Crippen LogP) is 3.26. The maximum atomic E-state index is 12.7. The van der Waals surface area contributed by atoms with E-state index in [9.17, 15) is 22.8 Å². The second kappa shape index (κ2) is 9.77. The molecular formula is C20H19F3N2O5. The van der Waals surface area contributed by atoms with Crippen molar-refractivity contribution < 1.29 is 37.3 Å². The molecule has 2 rings (SSSR count). The molecule has 0 unspecified atom stereocenters. The summed E-state index contributed by atoms with van der Waals surface area (Å²) in [4.78, 5) is 22.8. The minimum absolute atomic E-state index is 0.202. The van der Waals surface area contributed by atoms with E-state index >= 15 is 0 Å². The molecule has 160 valence electrons. The Kier molecular flexibility index (Phi) is 7.40. The number of halogens is 3. The fourth-order valence-corrected chi connectivity index (χ4v) is 2.36. The number of nitrogens with one attached hydrogen (secondary N) is 1. The van der Waals surface area contributed by atoms with E-state index in [1.807, 2.05) is 0 Å². The molecule has 10 heteroatoms. The Balaban J connectivity index is 1.99. The molecule has 0 bridgehead atoms. The number of aliphatic carboxylic acids is 1. The first kappa shape index (κ1) is 22.7. The molecule has 0 aliphatic heterocycles. The first-order chi connectivity index (χ1) is 14.1. The van der Waals surface area contributed by atoms with Crippen LogP contribution in [0.1, 0.15) is 23.6 Å². The zero-order valence-corrected chi connectivity index (χ0v) is 16.1. The third kappa shape index (κ3) is 6.50. The van der Waals surface area contributed by atoms with Gasteiger partial charge in [0.2, 0.25) is 5.91 Å². The van der Waals surface area contributed by atoms with E-state index in [2.05, 4.69) is 10.5 Å². The van der Waals surface area contributed by atoms with Crippen molar-refractivity contribution in [1.82, 2.24) is 5.43 Å². The van der Waals surface area contributed by atoms with E-state index in [0.717, 1.165) is 12.1 Å². The number of hydrogen-bond acceptors (Lipinski definition) is 5. The van der Waals surface area contributed by atoms with Crippen LogP contribution in [0.4, 0.5) is 13.2 Å². The lowest BCUT2D eigenvalue weighted by Crippen LogP contribution is -2.23. The van der Waals surface area contributed by atoms with Crippen molar-refractivity contribution in [2.75, 3.05) is 7.11 Å². The minimum atomic E-state index is -4.48. The number of hydrazone groups is 1. The fourth-order valence-electron chi connectivity index (χ4n) is 2.36. The zero-order valence-electron chi connectivity index (χ0n) is 16.1. The molecule has 30 heavy (non-hydrogen) atoms. The lowest BCUT2D eigenvalue weighted by atomic mass is 10.1. The molecule has 0 saturated carbocycles. The maximum Gasteiger partial charge on any atom is 0.416 e. The Hall–Kier alpha value is -3.56. The molecule has 2 aromatic rings. The smallest absolute Gasteiger partial charge is 0.416 e. The van der Waals surface area contributed by atoms with Gasteiger partial charge in [-0.2, -0.15) is 18.3 Å². The molecule has 0 radical (unpaired) electrons. The summed E-state index contributed by atoms with van der Waals surface area (Å²) in [6.45, 7) is 1.37. The molecule has 0 fully saturated rings. The van der Waals surface area contributed by atoms with Gasteiger partial charge in [-0.05, 0) is 42.3 Å². The monoisotopic (exact) mass is 424 g/mol. The molecule has 0 aliphatic carbocycles. The number of nitrogens with zero attached hydrogens (tertiary/aromatic N) is 1. The quantitative estimate of drug-likeness (QED) is 0.501. The Morgan fingerprint density at radius 1 is 1.20 bits per heavy atom. The van der Waals surface area contributed by atoms with E-state index in [-0.39, 0.29) is 23.5 Å². The van der Waals surface area contributed by atoms with Crippen LogP contribution in [0.3, 0.4) is 0 Å². The number of alkyl halides is 3. The Morgan fingerprint density at radius 2 is 1.93 bits per heavy atom. The number of ether oxygens (including phenoxy) is 2. The van der Waals surface area contributed by atoms with Crippen molar-refractivity contribution in [2.24, 2.45) is 5.10 Å². The molecule has 0 heterocycles. The maximum absolute atomic E-state index is 12.7. The summed E-state index contributed by atoms with van der Waals surface area (Å²) < 4.78 is 48.6. The van der Waals surface area contributed by atoms with Gasteiger partial charge in [-0.25, -0.2) is 10.2 Å². The van der Waals surface area contributed by atoms with Gasteiger partial charge in [-0.15, -0.1) is 0 Å². The summed E-state index contributed by atoms with van der Waals surface area (Å²) in [6, 6.07) is 9.06. The van der Waals surface area contributed by atoms with Gasteiger partial charge in [0, 0.05) is 0 Å². The average molecular weight is 424 g/mol. The van der Waals surface area contributed by atoms with Gasteiger partial charge in [-0.1, -0.05) is 18.2 Å². The molecule has 0 spiro atoms. The molecule has 1 amide bonds. The van der Waals surface area contributed by atoms with Gasteiger partial charge < -0.3 is 14.6 Å². The Bertz CT molecular complexity index is 944. The third-order valence-electron chi connectivity index (χ3n) is 3.86. The molecule has 1 atom stereocenters. The molecule has 2 N–H and O–H groups in total. The first-order valence-electron chi connectivity index (χ1n) is 8.65. The summed E-state index contributed by atoms with van der Waals surface area (Å²) in [6.07, 6.45) is -4.53. The summed E-state index contributed by atoms with van der Waals surface area (Å²) in [5.74, 6) is -1.24. The van der Waals surface area contributed by atoms with Crippen LogP contribution in [0, 0.1) is 0 Å². The van der Waals surface area contributed by atoms with Crippen LogP contribution in [-0.4, -0.2) is 36.4 Å². The van der Waals surface area contributed by atoms with Crippen LogP contribution in [0.5, 0.6) is 11.5 Å². The SMILES string of the molecule is COc1cc(/C=N/NC(=O)Cc2cccc(C(F)(F)F)c2)ccc1O[C@H](C)C(=O)O. The normalized spacial score (nSPS) is 12.4. The second-order valence-electron chi connectivity index (χ2n) is 6.18. The lowest BCUT2D eigenvalue weighted by molar-refractivity contribution is -0.144. The van der Waals surface area contributed by atoms with Crippen molar-refractivity contribution in [2.45, 2.75) is 25.6 Å². The van der Waals surface area contributed by atoms with Crippen molar-refractivity contribution in [3.8, 4) is 11.5 Å². The number of hydrogen-bond donors (Lipinski definition) is 2. The molecule has 7 nitrogen and oxygen atoms in total. The van der Waals surface area contributed by atoms with Crippen molar-refractivity contribution in [1.29, 1.82) is 0 Å². The molecule has 0 aliphatic rings. The molecule has 0 aromatic heterocycles. The number of benzene rings is 2. The summed E-state index contributed by atoms with van der Waals surface area (Å²) in [7, 11) is 1.38. The Morgan fingerprint density at radius 3 is 2.57 bits per heavy atom. The van der Waals surface area contributed by atoms with Gasteiger partial charge in [0.1, 0.15) is 0 Å². The van der Waals surface area contributed by atoms with E-state index in [4.69, 9.17) is 14.6 Å².